The van der Waals surface area contributed by atoms with Crippen LogP contribution in [0.5, 0.6) is 0 Å². The number of nitrogens with one attached hydrogen (secondary N) is 1. The van der Waals surface area contributed by atoms with E-state index in [0.29, 0.717) is 6.07 Å². The normalized spacial score (nSPS) is 10.7. The quantitative estimate of drug-likeness (QED) is 0.432. The van der Waals surface area contributed by atoms with Gasteiger partial charge in [0, 0.05) is 12.3 Å². The number of nitrogens with zero attached hydrogens (tertiary/aromatic N) is 1. The maximum Gasteiger partial charge on any atom is 0.170 e. The standard InChI is InChI=1S/C9H6F3N3/c10-4-3-5(11)9-7(8(4)12)6(15-13)1-2-14-9/h1-3H,13H2,(H,14,15). The number of hydrazine groups is 1. The summed E-state index contributed by atoms with van der Waals surface area (Å²) in [5.41, 5.74) is 1.97. The van der Waals surface area contributed by atoms with Crippen molar-refractivity contribution in [2.24, 2.45) is 5.84 Å². The molecule has 1 heterocycles. The van der Waals surface area contributed by atoms with Crippen molar-refractivity contribution in [3.8, 4) is 0 Å². The smallest absolute Gasteiger partial charge is 0.170 e. The second-order valence-corrected chi connectivity index (χ2v) is 2.88. The van der Waals surface area contributed by atoms with Gasteiger partial charge in [0.2, 0.25) is 0 Å². The van der Waals surface area contributed by atoms with E-state index in [4.69, 9.17) is 5.84 Å². The van der Waals surface area contributed by atoms with Crippen molar-refractivity contribution in [3.63, 3.8) is 0 Å². The Hall–Kier alpha value is -1.82. The van der Waals surface area contributed by atoms with Crippen LogP contribution < -0.4 is 11.3 Å². The van der Waals surface area contributed by atoms with Crippen LogP contribution in [0.3, 0.4) is 0 Å². The lowest BCUT2D eigenvalue weighted by Crippen LogP contribution is -2.08. The molecule has 0 amide bonds. The van der Waals surface area contributed by atoms with Gasteiger partial charge >= 0.3 is 0 Å². The molecule has 0 aliphatic heterocycles. The molecule has 0 bridgehead atoms. The largest absolute Gasteiger partial charge is 0.323 e. The molecule has 2 rings (SSSR count). The van der Waals surface area contributed by atoms with Gasteiger partial charge in [-0.05, 0) is 6.07 Å². The SMILES string of the molecule is NNc1ccnc2c(F)cc(F)c(F)c12. The maximum absolute atomic E-state index is 13.3. The lowest BCUT2D eigenvalue weighted by Gasteiger charge is -2.06. The minimum Gasteiger partial charge on any atom is -0.323 e. The number of hydrogen-bond donors (Lipinski definition) is 2. The second-order valence-electron chi connectivity index (χ2n) is 2.88. The zero-order valence-corrected chi connectivity index (χ0v) is 7.39. The highest BCUT2D eigenvalue weighted by Crippen LogP contribution is 2.27. The van der Waals surface area contributed by atoms with Crippen molar-refractivity contribution in [2.75, 3.05) is 5.43 Å². The molecular formula is C9H6F3N3. The minimum absolute atomic E-state index is 0.0795. The third kappa shape index (κ3) is 1.39. The first kappa shape index (κ1) is 9.72. The third-order valence-electron chi connectivity index (χ3n) is 2.02. The highest BCUT2D eigenvalue weighted by Gasteiger charge is 2.15. The van der Waals surface area contributed by atoms with Crippen molar-refractivity contribution in [1.82, 2.24) is 4.98 Å². The summed E-state index contributed by atoms with van der Waals surface area (Å²) >= 11 is 0. The third-order valence-corrected chi connectivity index (χ3v) is 2.02. The number of pyridine rings is 1. The van der Waals surface area contributed by atoms with Gasteiger partial charge in [0.15, 0.2) is 17.5 Å². The van der Waals surface area contributed by atoms with Gasteiger partial charge in [-0.2, -0.15) is 0 Å². The lowest BCUT2D eigenvalue weighted by molar-refractivity contribution is 0.505. The van der Waals surface area contributed by atoms with E-state index in [-0.39, 0.29) is 16.6 Å². The fourth-order valence-electron chi connectivity index (χ4n) is 1.35. The van der Waals surface area contributed by atoms with E-state index in [0.717, 1.165) is 0 Å². The number of fused-ring (bicyclic) bond motifs is 1. The van der Waals surface area contributed by atoms with E-state index in [2.05, 4.69) is 10.4 Å². The van der Waals surface area contributed by atoms with Crippen molar-refractivity contribution >= 4 is 16.6 Å². The molecule has 6 heteroatoms. The second kappa shape index (κ2) is 3.39. The number of benzene rings is 1. The summed E-state index contributed by atoms with van der Waals surface area (Å²) in [6.45, 7) is 0. The van der Waals surface area contributed by atoms with Crippen molar-refractivity contribution in [3.05, 3.63) is 35.8 Å². The fraction of sp³-hybridized carbons (Fsp3) is 0. The molecule has 0 fully saturated rings. The molecule has 0 atom stereocenters. The highest BCUT2D eigenvalue weighted by atomic mass is 19.2. The predicted octanol–water partition coefficient (Wildman–Crippen LogP) is 1.94. The van der Waals surface area contributed by atoms with Gasteiger partial charge in [0.1, 0.15) is 5.52 Å². The Balaban J connectivity index is 2.96. The number of halogens is 3. The van der Waals surface area contributed by atoms with Crippen LogP contribution in [-0.2, 0) is 0 Å². The molecule has 0 saturated carbocycles. The van der Waals surface area contributed by atoms with Gasteiger partial charge in [-0.3, -0.25) is 10.8 Å². The summed E-state index contributed by atoms with van der Waals surface area (Å²) < 4.78 is 39.5. The molecule has 0 aliphatic carbocycles. The molecule has 3 nitrogen and oxygen atoms in total. The van der Waals surface area contributed by atoms with Crippen LogP contribution in [-0.4, -0.2) is 4.98 Å². The van der Waals surface area contributed by atoms with Gasteiger partial charge in [-0.25, -0.2) is 13.2 Å². The molecule has 1 aromatic heterocycles. The van der Waals surface area contributed by atoms with Crippen molar-refractivity contribution in [2.45, 2.75) is 0 Å². The summed E-state index contributed by atoms with van der Waals surface area (Å²) in [6.07, 6.45) is 1.25. The molecular weight excluding hydrogens is 207 g/mol. The summed E-state index contributed by atoms with van der Waals surface area (Å²) in [7, 11) is 0. The van der Waals surface area contributed by atoms with Crippen LogP contribution in [0.25, 0.3) is 10.9 Å². The molecule has 0 saturated heterocycles. The summed E-state index contributed by atoms with van der Waals surface area (Å²) in [5, 5.41) is -0.294. The van der Waals surface area contributed by atoms with E-state index >= 15 is 0 Å². The highest BCUT2D eigenvalue weighted by molar-refractivity contribution is 5.91. The zero-order chi connectivity index (χ0) is 11.0. The average Bonchev–Trinajstić information content (AvgIpc) is 2.25. The van der Waals surface area contributed by atoms with Crippen LogP contribution in [0.2, 0.25) is 0 Å². The predicted molar refractivity (Wildman–Crippen MR) is 49.4 cm³/mol. The Morgan fingerprint density at radius 1 is 1.20 bits per heavy atom. The van der Waals surface area contributed by atoms with Gasteiger partial charge in [-0.1, -0.05) is 0 Å². The zero-order valence-electron chi connectivity index (χ0n) is 7.39. The number of nitrogens with two attached hydrogens (primary N) is 1. The number of rotatable bonds is 1. The Bertz CT molecular complexity index is 527. The Morgan fingerprint density at radius 2 is 1.93 bits per heavy atom. The monoisotopic (exact) mass is 213 g/mol. The first-order chi connectivity index (χ1) is 7.15. The van der Waals surface area contributed by atoms with E-state index in [1.54, 1.807) is 0 Å². The molecule has 2 aromatic rings. The number of aromatic nitrogens is 1. The van der Waals surface area contributed by atoms with Crippen molar-refractivity contribution in [1.29, 1.82) is 0 Å². The van der Waals surface area contributed by atoms with Crippen LogP contribution in [0.4, 0.5) is 18.9 Å². The van der Waals surface area contributed by atoms with Crippen molar-refractivity contribution < 1.29 is 13.2 Å². The van der Waals surface area contributed by atoms with Gasteiger partial charge in [0.05, 0.1) is 11.1 Å². The Kier molecular flexibility index (Phi) is 2.20. The first-order valence-corrected chi connectivity index (χ1v) is 4.04. The van der Waals surface area contributed by atoms with Gasteiger partial charge in [-0.15, -0.1) is 0 Å². The van der Waals surface area contributed by atoms with E-state index in [1.165, 1.54) is 12.3 Å². The Morgan fingerprint density at radius 3 is 2.60 bits per heavy atom. The van der Waals surface area contributed by atoms with Crippen LogP contribution in [0.1, 0.15) is 0 Å². The minimum atomic E-state index is -1.27. The number of anilines is 1. The molecule has 0 spiro atoms. The molecule has 0 aliphatic rings. The summed E-state index contributed by atoms with van der Waals surface area (Å²) in [5.74, 6) is 1.72. The molecule has 1 aromatic carbocycles. The number of hydrogen-bond acceptors (Lipinski definition) is 3. The fourth-order valence-corrected chi connectivity index (χ4v) is 1.35. The molecule has 78 valence electrons. The molecule has 3 N–H and O–H groups in total. The van der Waals surface area contributed by atoms with Gasteiger partial charge < -0.3 is 5.43 Å². The Labute approximate surface area is 82.7 Å². The van der Waals surface area contributed by atoms with Crippen LogP contribution >= 0.6 is 0 Å². The number of nitrogen functional groups attached to an aromatic ring is 1. The molecule has 15 heavy (non-hydrogen) atoms. The van der Waals surface area contributed by atoms with E-state index in [1.807, 2.05) is 0 Å². The average molecular weight is 213 g/mol. The molecule has 0 radical (unpaired) electrons. The maximum atomic E-state index is 13.3. The van der Waals surface area contributed by atoms with Crippen LogP contribution in [0.15, 0.2) is 18.3 Å². The van der Waals surface area contributed by atoms with E-state index < -0.39 is 17.5 Å². The lowest BCUT2D eigenvalue weighted by atomic mass is 10.1. The van der Waals surface area contributed by atoms with E-state index in [9.17, 15) is 13.2 Å². The summed E-state index contributed by atoms with van der Waals surface area (Å²) in [4.78, 5) is 3.61. The molecule has 0 unspecified atom stereocenters. The first-order valence-electron chi connectivity index (χ1n) is 4.04. The summed E-state index contributed by atoms with van der Waals surface area (Å²) in [6, 6.07) is 1.77. The van der Waals surface area contributed by atoms with Gasteiger partial charge in [0.25, 0.3) is 0 Å². The topological polar surface area (TPSA) is 50.9 Å². The van der Waals surface area contributed by atoms with Crippen LogP contribution in [0, 0.1) is 17.5 Å².